The quantitative estimate of drug-likeness (QED) is 0.819. The molecule has 0 aromatic carbocycles. The molecular weight excluding hydrogens is 238 g/mol. The third kappa shape index (κ3) is 2.75. The number of carbonyl (C=O) groups is 2. The Balaban J connectivity index is 1.75. The Morgan fingerprint density at radius 2 is 2.11 bits per heavy atom. The molecule has 2 heterocycles. The van der Waals surface area contributed by atoms with E-state index in [0.29, 0.717) is 13.0 Å². The predicted octanol–water partition coefficient (Wildman–Crippen LogP) is 1.10. The maximum Gasteiger partial charge on any atom is 0.409 e. The Kier molecular flexibility index (Phi) is 3.75. The van der Waals surface area contributed by atoms with Crippen LogP contribution in [0.5, 0.6) is 0 Å². The lowest BCUT2D eigenvalue weighted by Crippen LogP contribution is -2.34. The first-order valence-corrected chi connectivity index (χ1v) is 6.30. The lowest BCUT2D eigenvalue weighted by atomic mass is 9.97. The third-order valence-corrected chi connectivity index (χ3v) is 3.57. The van der Waals surface area contributed by atoms with Gasteiger partial charge in [0.2, 0.25) is 0 Å². The molecule has 0 saturated carbocycles. The fraction of sp³-hybridized carbons (Fsp3) is 0.833. The normalized spacial score (nSPS) is 31.6. The summed E-state index contributed by atoms with van der Waals surface area (Å²) in [5.41, 5.74) is -1.13. The molecule has 0 spiro atoms. The van der Waals surface area contributed by atoms with Gasteiger partial charge in [-0.3, -0.25) is 0 Å². The molecule has 2 fully saturated rings. The van der Waals surface area contributed by atoms with E-state index in [-0.39, 0.29) is 18.6 Å². The van der Waals surface area contributed by atoms with Crippen molar-refractivity contribution in [1.29, 1.82) is 0 Å². The number of hydrogen-bond acceptors (Lipinski definition) is 4. The number of nitrogens with zero attached hydrogens (tertiary/aromatic N) is 1. The van der Waals surface area contributed by atoms with E-state index in [1.54, 1.807) is 11.8 Å². The van der Waals surface area contributed by atoms with Gasteiger partial charge in [0, 0.05) is 19.0 Å². The van der Waals surface area contributed by atoms with E-state index in [0.717, 1.165) is 25.9 Å². The first-order valence-electron chi connectivity index (χ1n) is 6.30. The van der Waals surface area contributed by atoms with Crippen LogP contribution in [0.3, 0.4) is 0 Å². The Hall–Kier alpha value is -1.30. The van der Waals surface area contributed by atoms with E-state index >= 15 is 0 Å². The second kappa shape index (κ2) is 5.14. The minimum Gasteiger partial charge on any atom is -0.479 e. The zero-order chi connectivity index (χ0) is 13.2. The highest BCUT2D eigenvalue weighted by Gasteiger charge is 2.43. The van der Waals surface area contributed by atoms with Gasteiger partial charge in [0.25, 0.3) is 0 Å². The van der Waals surface area contributed by atoms with Crippen LogP contribution in [-0.2, 0) is 14.3 Å². The van der Waals surface area contributed by atoms with Crippen molar-refractivity contribution in [3.63, 3.8) is 0 Å². The summed E-state index contributed by atoms with van der Waals surface area (Å²) >= 11 is 0. The van der Waals surface area contributed by atoms with Crippen molar-refractivity contribution in [3.8, 4) is 0 Å². The van der Waals surface area contributed by atoms with E-state index in [1.165, 1.54) is 0 Å². The van der Waals surface area contributed by atoms with E-state index in [2.05, 4.69) is 0 Å². The first kappa shape index (κ1) is 13.1. The van der Waals surface area contributed by atoms with Gasteiger partial charge >= 0.3 is 12.1 Å². The lowest BCUT2D eigenvalue weighted by Gasteiger charge is -2.18. The van der Waals surface area contributed by atoms with Crippen molar-refractivity contribution in [2.75, 3.05) is 26.3 Å². The molecule has 0 aliphatic carbocycles. The van der Waals surface area contributed by atoms with Gasteiger partial charge in [-0.1, -0.05) is 0 Å². The summed E-state index contributed by atoms with van der Waals surface area (Å²) < 4.78 is 10.5. The van der Waals surface area contributed by atoms with Crippen LogP contribution < -0.4 is 0 Å². The highest BCUT2D eigenvalue weighted by atomic mass is 16.6. The zero-order valence-corrected chi connectivity index (χ0v) is 10.6. The highest BCUT2D eigenvalue weighted by Crippen LogP contribution is 2.30. The minimum absolute atomic E-state index is 0.0300. The van der Waals surface area contributed by atoms with Gasteiger partial charge in [-0.05, 0) is 26.2 Å². The number of carbonyl (C=O) groups excluding carboxylic acids is 1. The molecule has 2 atom stereocenters. The highest BCUT2D eigenvalue weighted by molar-refractivity contribution is 5.77. The smallest absolute Gasteiger partial charge is 0.409 e. The van der Waals surface area contributed by atoms with Crippen LogP contribution in [0.1, 0.15) is 26.2 Å². The summed E-state index contributed by atoms with van der Waals surface area (Å²) in [5.74, 6) is -0.992. The van der Waals surface area contributed by atoms with Crippen molar-refractivity contribution < 1.29 is 24.2 Å². The molecule has 1 amide bonds. The molecule has 102 valence electrons. The Morgan fingerprint density at radius 1 is 1.44 bits per heavy atom. The molecule has 6 nitrogen and oxygen atoms in total. The largest absolute Gasteiger partial charge is 0.479 e. The number of carboxylic acid groups (broad SMARTS) is 1. The van der Waals surface area contributed by atoms with Gasteiger partial charge in [-0.2, -0.15) is 0 Å². The molecule has 2 unspecified atom stereocenters. The third-order valence-electron chi connectivity index (χ3n) is 3.57. The molecule has 18 heavy (non-hydrogen) atoms. The van der Waals surface area contributed by atoms with Gasteiger partial charge in [-0.25, -0.2) is 9.59 Å². The average molecular weight is 257 g/mol. The lowest BCUT2D eigenvalue weighted by molar-refractivity contribution is -0.157. The number of rotatable bonds is 3. The van der Waals surface area contributed by atoms with Crippen LogP contribution in [0.2, 0.25) is 0 Å². The molecule has 0 aromatic heterocycles. The van der Waals surface area contributed by atoms with Crippen LogP contribution in [0.4, 0.5) is 4.79 Å². The van der Waals surface area contributed by atoms with Gasteiger partial charge in [0.15, 0.2) is 5.60 Å². The molecule has 0 radical (unpaired) electrons. The molecule has 0 bridgehead atoms. The Morgan fingerprint density at radius 3 is 2.67 bits per heavy atom. The number of hydrogen-bond donors (Lipinski definition) is 1. The molecule has 0 aromatic rings. The Bertz CT molecular complexity index is 339. The van der Waals surface area contributed by atoms with Gasteiger partial charge < -0.3 is 19.5 Å². The van der Waals surface area contributed by atoms with Crippen LogP contribution >= 0.6 is 0 Å². The number of aliphatic carboxylic acids is 1. The van der Waals surface area contributed by atoms with Gasteiger partial charge in [0.1, 0.15) is 0 Å². The summed E-state index contributed by atoms with van der Waals surface area (Å²) in [6, 6.07) is 0. The van der Waals surface area contributed by atoms with Crippen LogP contribution in [0.15, 0.2) is 0 Å². The van der Waals surface area contributed by atoms with Crippen molar-refractivity contribution >= 4 is 12.1 Å². The van der Waals surface area contributed by atoms with E-state index in [1.807, 2.05) is 0 Å². The fourth-order valence-corrected chi connectivity index (χ4v) is 2.41. The topological polar surface area (TPSA) is 76.1 Å². The second-order valence-corrected chi connectivity index (χ2v) is 5.19. The van der Waals surface area contributed by atoms with Gasteiger partial charge in [-0.15, -0.1) is 0 Å². The summed E-state index contributed by atoms with van der Waals surface area (Å²) in [7, 11) is 0. The predicted molar refractivity (Wildman–Crippen MR) is 62.3 cm³/mol. The number of ether oxygens (including phenoxy) is 2. The summed E-state index contributed by atoms with van der Waals surface area (Å²) in [4.78, 5) is 24.3. The van der Waals surface area contributed by atoms with E-state index < -0.39 is 11.6 Å². The SMILES string of the molecule is CC1(C(=O)O)CC(COC(=O)N2CCCC2)CO1. The zero-order valence-electron chi connectivity index (χ0n) is 10.6. The summed E-state index contributed by atoms with van der Waals surface area (Å²) in [5, 5.41) is 9.00. The summed E-state index contributed by atoms with van der Waals surface area (Å²) in [6.45, 7) is 3.63. The minimum atomic E-state index is -1.13. The molecule has 2 aliphatic heterocycles. The second-order valence-electron chi connectivity index (χ2n) is 5.19. The monoisotopic (exact) mass is 257 g/mol. The van der Waals surface area contributed by atoms with E-state index in [9.17, 15) is 9.59 Å². The fourth-order valence-electron chi connectivity index (χ4n) is 2.41. The van der Waals surface area contributed by atoms with E-state index in [4.69, 9.17) is 14.6 Å². The molecule has 1 N–H and O–H groups in total. The number of amides is 1. The van der Waals surface area contributed by atoms with Crippen molar-refractivity contribution in [2.45, 2.75) is 31.8 Å². The first-order chi connectivity index (χ1) is 8.51. The molecule has 2 aliphatic rings. The maximum absolute atomic E-state index is 11.6. The molecule has 2 saturated heterocycles. The molecular formula is C12H19NO5. The van der Waals surface area contributed by atoms with Crippen LogP contribution in [-0.4, -0.2) is 54.0 Å². The molecule has 6 heteroatoms. The Labute approximate surface area is 106 Å². The van der Waals surface area contributed by atoms with Crippen molar-refractivity contribution in [1.82, 2.24) is 4.90 Å². The number of carboxylic acids is 1. The van der Waals surface area contributed by atoms with Crippen LogP contribution in [0, 0.1) is 5.92 Å². The van der Waals surface area contributed by atoms with Crippen molar-refractivity contribution in [3.05, 3.63) is 0 Å². The number of likely N-dealkylation sites (tertiary alicyclic amines) is 1. The van der Waals surface area contributed by atoms with Crippen LogP contribution in [0.25, 0.3) is 0 Å². The maximum atomic E-state index is 11.6. The average Bonchev–Trinajstić information content (AvgIpc) is 2.96. The van der Waals surface area contributed by atoms with Crippen molar-refractivity contribution in [2.24, 2.45) is 5.92 Å². The molecule has 2 rings (SSSR count). The van der Waals surface area contributed by atoms with Gasteiger partial charge in [0.05, 0.1) is 13.2 Å². The standard InChI is InChI=1S/C12H19NO5/c1-12(10(14)15)6-9(8-18-12)7-17-11(16)13-4-2-3-5-13/h9H,2-8H2,1H3,(H,14,15). The summed E-state index contributed by atoms with van der Waals surface area (Å²) in [6.07, 6.45) is 2.14.